The van der Waals surface area contributed by atoms with Crippen molar-refractivity contribution in [1.82, 2.24) is 5.32 Å². The Morgan fingerprint density at radius 3 is 2.57 bits per heavy atom. The van der Waals surface area contributed by atoms with Crippen molar-refractivity contribution in [1.29, 1.82) is 0 Å². The summed E-state index contributed by atoms with van der Waals surface area (Å²) in [5, 5.41) is 3.21. The Bertz CT molecular complexity index is 704. The van der Waals surface area contributed by atoms with Crippen LogP contribution in [0.25, 0.3) is 0 Å². The highest BCUT2D eigenvalue weighted by Crippen LogP contribution is 2.23. The molecule has 23 heavy (non-hydrogen) atoms. The SMILES string of the molecule is C[C@@H](NC(=O)COc1cc(Cl)ccc1C(N)=O)c1ccccc1. The minimum atomic E-state index is -0.644. The van der Waals surface area contributed by atoms with Gasteiger partial charge in [0.25, 0.3) is 11.8 Å². The van der Waals surface area contributed by atoms with Crippen molar-refractivity contribution >= 4 is 23.4 Å². The molecule has 0 aliphatic rings. The molecular weight excluding hydrogens is 316 g/mol. The van der Waals surface area contributed by atoms with Crippen LogP contribution in [0.15, 0.2) is 48.5 Å². The van der Waals surface area contributed by atoms with Crippen molar-refractivity contribution in [2.45, 2.75) is 13.0 Å². The average Bonchev–Trinajstić information content (AvgIpc) is 2.53. The van der Waals surface area contributed by atoms with E-state index < -0.39 is 5.91 Å². The zero-order chi connectivity index (χ0) is 16.8. The Labute approximate surface area is 139 Å². The lowest BCUT2D eigenvalue weighted by Gasteiger charge is -2.15. The number of nitrogens with one attached hydrogen (secondary N) is 1. The van der Waals surface area contributed by atoms with Crippen LogP contribution in [0.2, 0.25) is 5.02 Å². The van der Waals surface area contributed by atoms with E-state index in [4.69, 9.17) is 22.1 Å². The predicted octanol–water partition coefficient (Wildman–Crippen LogP) is 2.70. The van der Waals surface area contributed by atoms with Crippen LogP contribution >= 0.6 is 11.6 Å². The summed E-state index contributed by atoms with van der Waals surface area (Å²) in [5.41, 5.74) is 6.43. The Balaban J connectivity index is 1.97. The first-order valence-corrected chi connectivity index (χ1v) is 7.41. The highest BCUT2D eigenvalue weighted by Gasteiger charge is 2.13. The number of carbonyl (C=O) groups is 2. The van der Waals surface area contributed by atoms with Gasteiger partial charge in [0.05, 0.1) is 11.6 Å². The lowest BCUT2D eigenvalue weighted by molar-refractivity contribution is -0.123. The summed E-state index contributed by atoms with van der Waals surface area (Å²) in [6, 6.07) is 13.9. The van der Waals surface area contributed by atoms with Gasteiger partial charge < -0.3 is 15.8 Å². The van der Waals surface area contributed by atoms with Gasteiger partial charge >= 0.3 is 0 Å². The van der Waals surface area contributed by atoms with Gasteiger partial charge in [-0.25, -0.2) is 0 Å². The third-order valence-electron chi connectivity index (χ3n) is 3.24. The van der Waals surface area contributed by atoms with Crippen LogP contribution in [0, 0.1) is 0 Å². The molecule has 0 spiro atoms. The molecule has 3 N–H and O–H groups in total. The second-order valence-corrected chi connectivity index (χ2v) is 5.43. The smallest absolute Gasteiger partial charge is 0.258 e. The minimum Gasteiger partial charge on any atom is -0.483 e. The van der Waals surface area contributed by atoms with Crippen LogP contribution in [0.4, 0.5) is 0 Å². The molecule has 0 aliphatic carbocycles. The lowest BCUT2D eigenvalue weighted by Crippen LogP contribution is -2.31. The maximum atomic E-state index is 12.0. The van der Waals surface area contributed by atoms with E-state index in [9.17, 15) is 9.59 Å². The molecule has 0 saturated heterocycles. The third-order valence-corrected chi connectivity index (χ3v) is 3.48. The number of nitrogens with two attached hydrogens (primary N) is 1. The summed E-state index contributed by atoms with van der Waals surface area (Å²) in [6.45, 7) is 1.64. The highest BCUT2D eigenvalue weighted by molar-refractivity contribution is 6.30. The highest BCUT2D eigenvalue weighted by atomic mass is 35.5. The zero-order valence-electron chi connectivity index (χ0n) is 12.6. The van der Waals surface area contributed by atoms with Gasteiger partial charge in [-0.1, -0.05) is 41.9 Å². The topological polar surface area (TPSA) is 81.4 Å². The molecule has 2 rings (SSSR count). The summed E-state index contributed by atoms with van der Waals surface area (Å²) in [5.74, 6) is -0.765. The maximum Gasteiger partial charge on any atom is 0.258 e. The molecule has 0 fully saturated rings. The van der Waals surface area contributed by atoms with E-state index in [1.165, 1.54) is 18.2 Å². The van der Waals surface area contributed by atoms with E-state index in [0.717, 1.165) is 5.56 Å². The molecule has 2 aromatic rings. The van der Waals surface area contributed by atoms with E-state index in [1.54, 1.807) is 0 Å². The summed E-state index contributed by atoms with van der Waals surface area (Å²) in [6.07, 6.45) is 0. The zero-order valence-corrected chi connectivity index (χ0v) is 13.3. The van der Waals surface area contributed by atoms with E-state index in [1.807, 2.05) is 37.3 Å². The number of primary amides is 1. The number of halogens is 1. The Kier molecular flexibility index (Phi) is 5.60. The maximum absolute atomic E-state index is 12.0. The van der Waals surface area contributed by atoms with E-state index in [2.05, 4.69) is 5.32 Å². The van der Waals surface area contributed by atoms with E-state index in [0.29, 0.717) is 5.02 Å². The number of amides is 2. The molecule has 1 atom stereocenters. The standard InChI is InChI=1S/C17H17ClN2O3/c1-11(12-5-3-2-4-6-12)20-16(21)10-23-15-9-13(18)7-8-14(15)17(19)22/h2-9,11H,10H2,1H3,(H2,19,22)(H,20,21)/t11-/m1/s1. The van der Waals surface area contributed by atoms with Gasteiger partial charge in [-0.15, -0.1) is 0 Å². The van der Waals surface area contributed by atoms with Crippen molar-refractivity contribution in [2.75, 3.05) is 6.61 Å². The molecule has 2 amide bonds. The molecule has 0 heterocycles. The van der Waals surface area contributed by atoms with Crippen molar-refractivity contribution in [2.24, 2.45) is 5.73 Å². The van der Waals surface area contributed by atoms with Gasteiger partial charge in [0, 0.05) is 5.02 Å². The first kappa shape index (κ1) is 16.8. The van der Waals surface area contributed by atoms with Crippen molar-refractivity contribution in [3.05, 3.63) is 64.7 Å². The molecule has 0 aliphatic heterocycles. The first-order chi connectivity index (χ1) is 11.0. The van der Waals surface area contributed by atoms with Gasteiger partial charge in [-0.2, -0.15) is 0 Å². The minimum absolute atomic E-state index is 0.151. The number of hydrogen-bond donors (Lipinski definition) is 2. The lowest BCUT2D eigenvalue weighted by atomic mass is 10.1. The number of benzene rings is 2. The van der Waals surface area contributed by atoms with Gasteiger partial charge in [0.1, 0.15) is 5.75 Å². The summed E-state index contributed by atoms with van der Waals surface area (Å²) in [4.78, 5) is 23.3. The second-order valence-electron chi connectivity index (χ2n) is 4.99. The fraction of sp³-hybridized carbons (Fsp3) is 0.176. The van der Waals surface area contributed by atoms with Crippen LogP contribution in [0.5, 0.6) is 5.75 Å². The molecular formula is C17H17ClN2O3. The fourth-order valence-electron chi connectivity index (χ4n) is 2.07. The summed E-state index contributed by atoms with van der Waals surface area (Å²) < 4.78 is 5.38. The van der Waals surface area contributed by atoms with E-state index >= 15 is 0 Å². The first-order valence-electron chi connectivity index (χ1n) is 7.04. The van der Waals surface area contributed by atoms with Crippen LogP contribution in [-0.2, 0) is 4.79 Å². The van der Waals surface area contributed by atoms with Crippen LogP contribution < -0.4 is 15.8 Å². The molecule has 0 bridgehead atoms. The molecule has 5 nitrogen and oxygen atoms in total. The van der Waals surface area contributed by atoms with Crippen molar-refractivity contribution in [3.63, 3.8) is 0 Å². The van der Waals surface area contributed by atoms with Crippen LogP contribution in [-0.4, -0.2) is 18.4 Å². The van der Waals surface area contributed by atoms with Gasteiger partial charge in [-0.05, 0) is 30.7 Å². The normalized spacial score (nSPS) is 11.6. The monoisotopic (exact) mass is 332 g/mol. The Morgan fingerprint density at radius 1 is 1.22 bits per heavy atom. The summed E-state index contributed by atoms with van der Waals surface area (Å²) in [7, 11) is 0. The molecule has 6 heteroatoms. The quantitative estimate of drug-likeness (QED) is 0.853. The molecule has 120 valence electrons. The number of rotatable bonds is 6. The largest absolute Gasteiger partial charge is 0.483 e. The molecule has 0 radical (unpaired) electrons. The Hall–Kier alpha value is -2.53. The van der Waals surface area contributed by atoms with E-state index in [-0.39, 0.29) is 29.9 Å². The number of hydrogen-bond acceptors (Lipinski definition) is 3. The van der Waals surface area contributed by atoms with Gasteiger partial charge in [0.2, 0.25) is 0 Å². The third kappa shape index (κ3) is 4.72. The molecule has 0 aromatic heterocycles. The average molecular weight is 333 g/mol. The predicted molar refractivity (Wildman–Crippen MR) is 88.5 cm³/mol. The van der Waals surface area contributed by atoms with Crippen LogP contribution in [0.3, 0.4) is 0 Å². The van der Waals surface area contributed by atoms with Gasteiger partial charge in [-0.3, -0.25) is 9.59 Å². The van der Waals surface area contributed by atoms with Gasteiger partial charge in [0.15, 0.2) is 6.61 Å². The summed E-state index contributed by atoms with van der Waals surface area (Å²) >= 11 is 5.87. The fourth-order valence-corrected chi connectivity index (χ4v) is 2.23. The second kappa shape index (κ2) is 7.65. The number of carbonyl (C=O) groups excluding carboxylic acids is 2. The van der Waals surface area contributed by atoms with Crippen molar-refractivity contribution in [3.8, 4) is 5.75 Å². The number of ether oxygens (including phenoxy) is 1. The molecule has 0 unspecified atom stereocenters. The molecule has 2 aromatic carbocycles. The van der Waals surface area contributed by atoms with Crippen molar-refractivity contribution < 1.29 is 14.3 Å². The molecule has 0 saturated carbocycles. The Morgan fingerprint density at radius 2 is 1.91 bits per heavy atom. The van der Waals surface area contributed by atoms with Crippen LogP contribution in [0.1, 0.15) is 28.9 Å².